The molecule has 0 saturated carbocycles. The Bertz CT molecular complexity index is 433. The van der Waals surface area contributed by atoms with E-state index in [9.17, 15) is 0 Å². The average Bonchev–Trinajstić information content (AvgIpc) is 2.63. The van der Waals surface area contributed by atoms with Crippen molar-refractivity contribution in [3.63, 3.8) is 0 Å². The number of hydrogen-bond donors (Lipinski definition) is 1. The Morgan fingerprint density at radius 3 is 2.67 bits per heavy atom. The fraction of sp³-hybridized carbons (Fsp3) is 0.182. The van der Waals surface area contributed by atoms with Crippen molar-refractivity contribution in [3.05, 3.63) is 42.5 Å². The molecule has 1 heterocycles. The van der Waals surface area contributed by atoms with Gasteiger partial charge in [0.2, 0.25) is 0 Å². The molecule has 0 bridgehead atoms. The normalized spacial score (nSPS) is 10.5. The van der Waals surface area contributed by atoms with Gasteiger partial charge in [-0.25, -0.2) is 4.98 Å². The van der Waals surface area contributed by atoms with Crippen LogP contribution in [0.15, 0.2) is 41.7 Å². The number of nitrogen functional groups attached to an aromatic ring is 1. The summed E-state index contributed by atoms with van der Waals surface area (Å²) in [6.45, 7) is 0. The topological polar surface area (TPSA) is 43.8 Å². The molecule has 0 aliphatic rings. The van der Waals surface area contributed by atoms with Crippen molar-refractivity contribution in [2.24, 2.45) is 7.05 Å². The van der Waals surface area contributed by atoms with Gasteiger partial charge in [0.05, 0.1) is 6.33 Å². The van der Waals surface area contributed by atoms with Crippen molar-refractivity contribution in [2.45, 2.75) is 10.6 Å². The van der Waals surface area contributed by atoms with Gasteiger partial charge in [-0.3, -0.25) is 0 Å². The van der Waals surface area contributed by atoms with Crippen molar-refractivity contribution in [2.75, 3.05) is 5.73 Å². The SMILES string of the molecule is Cn1cncc1CSc1ccc(N)cc1. The van der Waals surface area contributed by atoms with Gasteiger partial charge in [-0.05, 0) is 24.3 Å². The van der Waals surface area contributed by atoms with E-state index in [2.05, 4.69) is 4.98 Å². The number of anilines is 1. The Labute approximate surface area is 93.3 Å². The molecule has 2 rings (SSSR count). The first kappa shape index (κ1) is 10.1. The highest BCUT2D eigenvalue weighted by Crippen LogP contribution is 2.22. The third-order valence-corrected chi connectivity index (χ3v) is 3.23. The summed E-state index contributed by atoms with van der Waals surface area (Å²) < 4.78 is 2.03. The van der Waals surface area contributed by atoms with Crippen LogP contribution in [0.5, 0.6) is 0 Å². The minimum atomic E-state index is 0.805. The maximum Gasteiger partial charge on any atom is 0.0945 e. The summed E-state index contributed by atoms with van der Waals surface area (Å²) in [5.74, 6) is 0.931. The minimum absolute atomic E-state index is 0.805. The number of nitrogens with two attached hydrogens (primary N) is 1. The summed E-state index contributed by atoms with van der Waals surface area (Å²) >= 11 is 1.78. The van der Waals surface area contributed by atoms with E-state index in [0.717, 1.165) is 11.4 Å². The van der Waals surface area contributed by atoms with Crippen LogP contribution in [0.25, 0.3) is 0 Å². The van der Waals surface area contributed by atoms with Crippen molar-refractivity contribution < 1.29 is 0 Å². The third kappa shape index (κ3) is 2.53. The largest absolute Gasteiger partial charge is 0.399 e. The van der Waals surface area contributed by atoms with Crippen LogP contribution in [0.1, 0.15) is 5.69 Å². The molecule has 0 unspecified atom stereocenters. The number of benzene rings is 1. The highest BCUT2D eigenvalue weighted by molar-refractivity contribution is 7.98. The summed E-state index contributed by atoms with van der Waals surface area (Å²) in [4.78, 5) is 5.30. The molecule has 0 amide bonds. The minimum Gasteiger partial charge on any atom is -0.399 e. The van der Waals surface area contributed by atoms with Gasteiger partial charge >= 0.3 is 0 Å². The van der Waals surface area contributed by atoms with E-state index in [1.54, 1.807) is 11.8 Å². The van der Waals surface area contributed by atoms with Crippen molar-refractivity contribution in [1.29, 1.82) is 0 Å². The third-order valence-electron chi connectivity index (χ3n) is 2.18. The second-order valence-electron chi connectivity index (χ2n) is 3.35. The zero-order chi connectivity index (χ0) is 10.7. The van der Waals surface area contributed by atoms with E-state index in [-0.39, 0.29) is 0 Å². The predicted octanol–water partition coefficient (Wildman–Crippen LogP) is 2.29. The summed E-state index contributed by atoms with van der Waals surface area (Å²) in [6, 6.07) is 7.92. The standard InChI is InChI=1S/C11H13N3S/c1-14-8-13-6-10(14)7-15-11-4-2-9(12)3-5-11/h2-6,8H,7,12H2,1H3. The van der Waals surface area contributed by atoms with Crippen molar-refractivity contribution in [1.82, 2.24) is 9.55 Å². The van der Waals surface area contributed by atoms with Gasteiger partial charge in [-0.1, -0.05) is 0 Å². The van der Waals surface area contributed by atoms with E-state index >= 15 is 0 Å². The van der Waals surface area contributed by atoms with Crippen LogP contribution < -0.4 is 5.73 Å². The molecule has 1 aromatic heterocycles. The monoisotopic (exact) mass is 219 g/mol. The fourth-order valence-corrected chi connectivity index (χ4v) is 2.17. The smallest absolute Gasteiger partial charge is 0.0945 e. The summed E-state index contributed by atoms with van der Waals surface area (Å²) in [5.41, 5.74) is 7.64. The molecule has 78 valence electrons. The summed E-state index contributed by atoms with van der Waals surface area (Å²) in [5, 5.41) is 0. The van der Waals surface area contributed by atoms with Crippen LogP contribution in [0.2, 0.25) is 0 Å². The first-order chi connectivity index (χ1) is 7.25. The van der Waals surface area contributed by atoms with Crippen LogP contribution in [0.3, 0.4) is 0 Å². The van der Waals surface area contributed by atoms with Crippen LogP contribution in [0.4, 0.5) is 5.69 Å². The molecule has 1 aromatic carbocycles. The number of nitrogens with zero attached hydrogens (tertiary/aromatic N) is 2. The highest BCUT2D eigenvalue weighted by Gasteiger charge is 1.99. The van der Waals surface area contributed by atoms with E-state index in [1.165, 1.54) is 10.6 Å². The number of hydrogen-bond acceptors (Lipinski definition) is 3. The molecule has 0 atom stereocenters. The van der Waals surface area contributed by atoms with E-state index in [1.807, 2.05) is 48.4 Å². The Morgan fingerprint density at radius 1 is 1.33 bits per heavy atom. The first-order valence-corrected chi connectivity index (χ1v) is 5.68. The highest BCUT2D eigenvalue weighted by atomic mass is 32.2. The summed E-state index contributed by atoms with van der Waals surface area (Å²) in [6.07, 6.45) is 3.71. The van der Waals surface area contributed by atoms with Gasteiger partial charge in [0.15, 0.2) is 0 Å². The lowest BCUT2D eigenvalue weighted by Gasteiger charge is -2.02. The number of thioether (sulfide) groups is 1. The van der Waals surface area contributed by atoms with Crippen LogP contribution in [-0.4, -0.2) is 9.55 Å². The molecular weight excluding hydrogens is 206 g/mol. The van der Waals surface area contributed by atoms with Gasteiger partial charge in [0, 0.05) is 35.3 Å². The fourth-order valence-electron chi connectivity index (χ4n) is 1.25. The van der Waals surface area contributed by atoms with Gasteiger partial charge < -0.3 is 10.3 Å². The number of rotatable bonds is 3. The molecule has 0 saturated heterocycles. The molecule has 15 heavy (non-hydrogen) atoms. The molecule has 2 N–H and O–H groups in total. The van der Waals surface area contributed by atoms with Gasteiger partial charge in [-0.15, -0.1) is 11.8 Å². The number of aryl methyl sites for hydroxylation is 1. The van der Waals surface area contributed by atoms with E-state index < -0.39 is 0 Å². The average molecular weight is 219 g/mol. The predicted molar refractivity (Wildman–Crippen MR) is 63.6 cm³/mol. The zero-order valence-electron chi connectivity index (χ0n) is 8.55. The zero-order valence-corrected chi connectivity index (χ0v) is 9.37. The maximum atomic E-state index is 5.62. The van der Waals surface area contributed by atoms with Crippen LogP contribution in [-0.2, 0) is 12.8 Å². The van der Waals surface area contributed by atoms with Crippen LogP contribution in [0, 0.1) is 0 Å². The molecule has 0 aliphatic heterocycles. The molecule has 0 radical (unpaired) electrons. The van der Waals surface area contributed by atoms with Gasteiger partial charge in [-0.2, -0.15) is 0 Å². The molecule has 4 heteroatoms. The number of aromatic nitrogens is 2. The lowest BCUT2D eigenvalue weighted by atomic mass is 10.3. The quantitative estimate of drug-likeness (QED) is 0.636. The molecule has 2 aromatic rings. The maximum absolute atomic E-state index is 5.62. The lowest BCUT2D eigenvalue weighted by molar-refractivity contribution is 0.867. The number of imidazole rings is 1. The molecule has 3 nitrogen and oxygen atoms in total. The molecule has 0 spiro atoms. The Kier molecular flexibility index (Phi) is 2.97. The second-order valence-corrected chi connectivity index (χ2v) is 4.40. The first-order valence-electron chi connectivity index (χ1n) is 4.69. The Balaban J connectivity index is 1.99. The molecule has 0 fully saturated rings. The summed E-state index contributed by atoms with van der Waals surface area (Å²) in [7, 11) is 2.01. The molecule has 0 aliphatic carbocycles. The second kappa shape index (κ2) is 4.40. The van der Waals surface area contributed by atoms with Gasteiger partial charge in [0.1, 0.15) is 0 Å². The van der Waals surface area contributed by atoms with Crippen molar-refractivity contribution >= 4 is 17.4 Å². The van der Waals surface area contributed by atoms with E-state index in [0.29, 0.717) is 0 Å². The van der Waals surface area contributed by atoms with Gasteiger partial charge in [0.25, 0.3) is 0 Å². The van der Waals surface area contributed by atoms with Crippen LogP contribution >= 0.6 is 11.8 Å². The Morgan fingerprint density at radius 2 is 2.07 bits per heavy atom. The Hall–Kier alpha value is -1.42. The lowest BCUT2D eigenvalue weighted by Crippen LogP contribution is -1.91. The van der Waals surface area contributed by atoms with E-state index in [4.69, 9.17) is 5.73 Å². The van der Waals surface area contributed by atoms with Crippen molar-refractivity contribution in [3.8, 4) is 0 Å². The molecular formula is C11H13N3S.